The molecule has 2 amide bonds. The van der Waals surface area contributed by atoms with Gasteiger partial charge >= 0.3 is 0 Å². The Balaban J connectivity index is 1.29. The molecular formula is C35H38N4O3. The number of hydrogen-bond donors (Lipinski definition) is 2. The Labute approximate surface area is 248 Å². The number of ether oxygens (including phenoxy) is 1. The Kier molecular flexibility index (Phi) is 9.73. The van der Waals surface area contributed by atoms with Crippen LogP contribution in [0.4, 0.5) is 17.1 Å². The highest BCUT2D eigenvalue weighted by molar-refractivity contribution is 6.02. The summed E-state index contributed by atoms with van der Waals surface area (Å²) >= 11 is 0. The molecule has 1 saturated heterocycles. The smallest absolute Gasteiger partial charge is 0.253 e. The first-order valence-corrected chi connectivity index (χ1v) is 14.5. The fourth-order valence-corrected chi connectivity index (χ4v) is 5.34. The molecule has 0 aliphatic carbocycles. The minimum Gasteiger partial charge on any atom is -0.495 e. The van der Waals surface area contributed by atoms with Crippen LogP contribution in [-0.4, -0.2) is 51.6 Å². The summed E-state index contributed by atoms with van der Waals surface area (Å²) in [5.74, 6) is 0.637. The zero-order valence-electron chi connectivity index (χ0n) is 24.1. The third-order valence-electron chi connectivity index (χ3n) is 7.60. The molecule has 0 aromatic heterocycles. The lowest BCUT2D eigenvalue weighted by Crippen LogP contribution is -2.47. The molecule has 2 N–H and O–H groups in total. The van der Waals surface area contributed by atoms with E-state index in [1.165, 1.54) is 5.56 Å². The molecule has 7 nitrogen and oxygen atoms in total. The van der Waals surface area contributed by atoms with Crippen LogP contribution < -0.4 is 25.2 Å². The largest absolute Gasteiger partial charge is 0.495 e. The van der Waals surface area contributed by atoms with Gasteiger partial charge < -0.3 is 25.2 Å². The standard InChI is InChI=1S/C35H38N4O3/c1-42-33-15-9-8-14-32(33)39-24-22-38(23-25-39)31-18-17-29(37-34(40)19-16-27-10-4-2-5-11-27)26-30(31)35(41)36-21-20-28-12-6-3-7-13-28/h2-15,17-18,26H,16,19-25H2,1H3,(H,36,41)(H,37,40). The van der Waals surface area contributed by atoms with Crippen LogP contribution in [0.25, 0.3) is 0 Å². The molecule has 1 aliphatic rings. The van der Waals surface area contributed by atoms with E-state index in [-0.39, 0.29) is 11.8 Å². The van der Waals surface area contributed by atoms with Gasteiger partial charge in [-0.05, 0) is 54.3 Å². The molecule has 0 radical (unpaired) electrons. The fraction of sp³-hybridized carbons (Fsp3) is 0.257. The number of hydrogen-bond acceptors (Lipinski definition) is 5. The van der Waals surface area contributed by atoms with Crippen molar-refractivity contribution >= 4 is 28.9 Å². The van der Waals surface area contributed by atoms with E-state index in [4.69, 9.17) is 4.74 Å². The Morgan fingerprint density at radius 3 is 1.98 bits per heavy atom. The average Bonchev–Trinajstić information content (AvgIpc) is 3.05. The quantitative estimate of drug-likeness (QED) is 0.250. The van der Waals surface area contributed by atoms with E-state index in [9.17, 15) is 9.59 Å². The second-order valence-electron chi connectivity index (χ2n) is 10.4. The van der Waals surface area contributed by atoms with Crippen molar-refractivity contribution in [3.63, 3.8) is 0 Å². The summed E-state index contributed by atoms with van der Waals surface area (Å²) in [6.07, 6.45) is 1.78. The minimum atomic E-state index is -0.145. The number of carbonyl (C=O) groups excluding carboxylic acids is 2. The van der Waals surface area contributed by atoms with Gasteiger partial charge in [-0.1, -0.05) is 72.8 Å². The highest BCUT2D eigenvalue weighted by Gasteiger charge is 2.24. The lowest BCUT2D eigenvalue weighted by atomic mass is 10.1. The molecule has 0 bridgehead atoms. The molecule has 1 aliphatic heterocycles. The van der Waals surface area contributed by atoms with Gasteiger partial charge in [-0.15, -0.1) is 0 Å². The summed E-state index contributed by atoms with van der Waals surface area (Å²) in [7, 11) is 1.69. The first-order chi connectivity index (χ1) is 20.6. The molecule has 1 heterocycles. The summed E-state index contributed by atoms with van der Waals surface area (Å²) in [5, 5.41) is 6.10. The number of nitrogens with one attached hydrogen (secondary N) is 2. The zero-order chi connectivity index (χ0) is 29.1. The lowest BCUT2D eigenvalue weighted by Gasteiger charge is -2.38. The van der Waals surface area contributed by atoms with Crippen molar-refractivity contribution in [2.45, 2.75) is 19.3 Å². The lowest BCUT2D eigenvalue weighted by molar-refractivity contribution is -0.116. The SMILES string of the molecule is COc1ccccc1N1CCN(c2ccc(NC(=O)CCc3ccccc3)cc2C(=O)NCCc2ccccc2)CC1. The zero-order valence-corrected chi connectivity index (χ0v) is 24.1. The van der Waals surface area contributed by atoms with Gasteiger partial charge in [0.1, 0.15) is 5.75 Å². The number of piperazine rings is 1. The Morgan fingerprint density at radius 1 is 0.714 bits per heavy atom. The molecule has 0 atom stereocenters. The van der Waals surface area contributed by atoms with Crippen molar-refractivity contribution in [2.24, 2.45) is 0 Å². The molecular weight excluding hydrogens is 524 g/mol. The molecule has 0 spiro atoms. The second-order valence-corrected chi connectivity index (χ2v) is 10.4. The van der Waals surface area contributed by atoms with E-state index in [2.05, 4.69) is 38.6 Å². The fourth-order valence-electron chi connectivity index (χ4n) is 5.34. The van der Waals surface area contributed by atoms with Crippen LogP contribution in [0.15, 0.2) is 103 Å². The van der Waals surface area contributed by atoms with Crippen LogP contribution in [0.1, 0.15) is 27.9 Å². The number of methoxy groups -OCH3 is 1. The van der Waals surface area contributed by atoms with Crippen LogP contribution in [0.2, 0.25) is 0 Å². The summed E-state index contributed by atoms with van der Waals surface area (Å²) in [4.78, 5) is 30.9. The van der Waals surface area contributed by atoms with Gasteiger partial charge in [0.2, 0.25) is 5.91 Å². The second kappa shape index (κ2) is 14.2. The molecule has 0 saturated carbocycles. The molecule has 5 rings (SSSR count). The Hall–Kier alpha value is -4.78. The van der Waals surface area contributed by atoms with E-state index in [0.29, 0.717) is 30.6 Å². The Morgan fingerprint density at radius 2 is 1.31 bits per heavy atom. The molecule has 1 fully saturated rings. The Bertz CT molecular complexity index is 1470. The van der Waals surface area contributed by atoms with Gasteiger partial charge in [-0.3, -0.25) is 9.59 Å². The van der Waals surface area contributed by atoms with Crippen molar-refractivity contribution < 1.29 is 14.3 Å². The number of nitrogens with zero attached hydrogens (tertiary/aromatic N) is 2. The monoisotopic (exact) mass is 562 g/mol. The van der Waals surface area contributed by atoms with Crippen molar-refractivity contribution in [1.29, 1.82) is 0 Å². The number of carbonyl (C=O) groups is 2. The summed E-state index contributed by atoms with van der Waals surface area (Å²) in [5.41, 5.74) is 5.42. The van der Waals surface area contributed by atoms with Crippen molar-refractivity contribution in [1.82, 2.24) is 5.32 Å². The van der Waals surface area contributed by atoms with Crippen molar-refractivity contribution in [3.05, 3.63) is 120 Å². The minimum absolute atomic E-state index is 0.0764. The van der Waals surface area contributed by atoms with E-state index in [1.807, 2.05) is 78.9 Å². The average molecular weight is 563 g/mol. The first kappa shape index (κ1) is 28.7. The first-order valence-electron chi connectivity index (χ1n) is 14.5. The molecule has 4 aromatic rings. The van der Waals surface area contributed by atoms with E-state index >= 15 is 0 Å². The number of rotatable bonds is 11. The topological polar surface area (TPSA) is 73.9 Å². The highest BCUT2D eigenvalue weighted by Crippen LogP contribution is 2.31. The van der Waals surface area contributed by atoms with Crippen LogP contribution in [-0.2, 0) is 17.6 Å². The van der Waals surface area contributed by atoms with Gasteiger partial charge in [0.05, 0.1) is 18.4 Å². The molecule has 0 unspecified atom stereocenters. The van der Waals surface area contributed by atoms with Crippen LogP contribution >= 0.6 is 0 Å². The van der Waals surface area contributed by atoms with Gasteiger partial charge in [0.15, 0.2) is 0 Å². The van der Waals surface area contributed by atoms with E-state index < -0.39 is 0 Å². The van der Waals surface area contributed by atoms with Crippen molar-refractivity contribution in [2.75, 3.05) is 55.0 Å². The van der Waals surface area contributed by atoms with Gasteiger partial charge in [-0.25, -0.2) is 0 Å². The third-order valence-corrected chi connectivity index (χ3v) is 7.60. The number of benzene rings is 4. The summed E-state index contributed by atoms with van der Waals surface area (Å²) < 4.78 is 5.57. The number of para-hydroxylation sites is 2. The predicted octanol–water partition coefficient (Wildman–Crippen LogP) is 5.57. The van der Waals surface area contributed by atoms with Crippen LogP contribution in [0, 0.1) is 0 Å². The number of amides is 2. The van der Waals surface area contributed by atoms with Crippen molar-refractivity contribution in [3.8, 4) is 5.75 Å². The van der Waals surface area contributed by atoms with Crippen LogP contribution in [0.3, 0.4) is 0 Å². The maximum absolute atomic E-state index is 13.5. The van der Waals surface area contributed by atoms with Crippen LogP contribution in [0.5, 0.6) is 5.75 Å². The summed E-state index contributed by atoms with van der Waals surface area (Å²) in [6, 6.07) is 33.8. The van der Waals surface area contributed by atoms with E-state index in [1.54, 1.807) is 13.2 Å². The number of anilines is 3. The van der Waals surface area contributed by atoms with Gasteiger partial charge in [-0.2, -0.15) is 0 Å². The van der Waals surface area contributed by atoms with Gasteiger partial charge in [0.25, 0.3) is 5.91 Å². The molecule has 4 aromatic carbocycles. The molecule has 42 heavy (non-hydrogen) atoms. The maximum atomic E-state index is 13.5. The van der Waals surface area contributed by atoms with Gasteiger partial charge in [0, 0.05) is 50.5 Å². The number of aryl methyl sites for hydroxylation is 1. The molecule has 7 heteroatoms. The third kappa shape index (κ3) is 7.49. The normalized spacial score (nSPS) is 13.0. The predicted molar refractivity (Wildman–Crippen MR) is 170 cm³/mol. The summed E-state index contributed by atoms with van der Waals surface area (Å²) in [6.45, 7) is 3.63. The van der Waals surface area contributed by atoms with E-state index in [0.717, 1.165) is 55.3 Å². The highest BCUT2D eigenvalue weighted by atomic mass is 16.5. The maximum Gasteiger partial charge on any atom is 0.253 e. The molecule has 216 valence electrons.